The molecule has 1 fully saturated rings. The van der Waals surface area contributed by atoms with Crippen molar-refractivity contribution in [1.82, 2.24) is 20.1 Å². The van der Waals surface area contributed by atoms with E-state index in [9.17, 15) is 9.59 Å². The Morgan fingerprint density at radius 1 is 1.52 bits per heavy atom. The molecule has 2 N–H and O–H groups in total. The Labute approximate surface area is 120 Å². The summed E-state index contributed by atoms with van der Waals surface area (Å²) in [6.45, 7) is 0.919. The van der Waals surface area contributed by atoms with E-state index in [1.807, 2.05) is 0 Å². The highest BCUT2D eigenvalue weighted by Gasteiger charge is 2.22. The minimum absolute atomic E-state index is 0.0318. The zero-order valence-electron chi connectivity index (χ0n) is 11.5. The van der Waals surface area contributed by atoms with Crippen molar-refractivity contribution in [3.8, 4) is 0 Å². The first-order valence-corrected chi connectivity index (χ1v) is 6.68. The van der Waals surface area contributed by atoms with Gasteiger partial charge >= 0.3 is 6.01 Å². The lowest BCUT2D eigenvalue weighted by Gasteiger charge is -2.03. The molecule has 0 aromatic carbocycles. The van der Waals surface area contributed by atoms with Crippen molar-refractivity contribution >= 4 is 11.9 Å². The summed E-state index contributed by atoms with van der Waals surface area (Å²) in [6.07, 6.45) is 3.52. The number of hydrogen-bond donors (Lipinski definition) is 2. The third-order valence-electron chi connectivity index (χ3n) is 3.39. The number of carbonyl (C=O) groups is 1. The maximum absolute atomic E-state index is 12.0. The Morgan fingerprint density at radius 2 is 2.38 bits per heavy atom. The molecule has 1 aliphatic rings. The lowest BCUT2D eigenvalue weighted by atomic mass is 10.2. The summed E-state index contributed by atoms with van der Waals surface area (Å²) in [5.74, 6) is 0.00839. The molecule has 0 bridgehead atoms. The monoisotopic (exact) mass is 289 g/mol. The highest BCUT2D eigenvalue weighted by atomic mass is 16.4. The molecule has 1 amide bonds. The summed E-state index contributed by atoms with van der Waals surface area (Å²) >= 11 is 0. The zero-order valence-corrected chi connectivity index (χ0v) is 11.5. The van der Waals surface area contributed by atoms with Crippen LogP contribution < -0.4 is 16.2 Å². The van der Waals surface area contributed by atoms with Crippen LogP contribution in [0.5, 0.6) is 0 Å². The number of anilines is 1. The molecule has 0 radical (unpaired) electrons. The number of rotatable bonds is 3. The third-order valence-corrected chi connectivity index (χ3v) is 3.39. The summed E-state index contributed by atoms with van der Waals surface area (Å²) in [4.78, 5) is 23.5. The van der Waals surface area contributed by atoms with Gasteiger partial charge in [-0.05, 0) is 25.5 Å². The fraction of sp³-hybridized carbons (Fsp3) is 0.385. The molecular weight excluding hydrogens is 274 g/mol. The van der Waals surface area contributed by atoms with E-state index in [1.54, 1.807) is 13.1 Å². The first-order chi connectivity index (χ1) is 10.1. The molecule has 2 aromatic rings. The summed E-state index contributed by atoms with van der Waals surface area (Å²) in [5.41, 5.74) is -0.0131. The van der Waals surface area contributed by atoms with Gasteiger partial charge in [0.15, 0.2) is 0 Å². The number of carbonyl (C=O) groups excluding carboxylic acids is 1. The molecule has 21 heavy (non-hydrogen) atoms. The van der Waals surface area contributed by atoms with Crippen molar-refractivity contribution in [3.63, 3.8) is 0 Å². The first kappa shape index (κ1) is 13.5. The minimum Gasteiger partial charge on any atom is -0.406 e. The number of pyridine rings is 1. The average molecular weight is 289 g/mol. The molecule has 8 heteroatoms. The molecule has 1 aliphatic heterocycles. The maximum atomic E-state index is 12.0. The molecule has 0 saturated carbocycles. The molecule has 1 atom stereocenters. The van der Waals surface area contributed by atoms with Crippen molar-refractivity contribution in [3.05, 3.63) is 40.1 Å². The molecule has 110 valence electrons. The van der Waals surface area contributed by atoms with Gasteiger partial charge in [0.05, 0.1) is 6.04 Å². The van der Waals surface area contributed by atoms with E-state index in [0.717, 1.165) is 19.4 Å². The van der Waals surface area contributed by atoms with E-state index < -0.39 is 5.91 Å². The van der Waals surface area contributed by atoms with Gasteiger partial charge in [-0.15, -0.1) is 5.10 Å². The van der Waals surface area contributed by atoms with E-state index in [1.165, 1.54) is 16.8 Å². The summed E-state index contributed by atoms with van der Waals surface area (Å²) in [6, 6.07) is 2.88. The van der Waals surface area contributed by atoms with Gasteiger partial charge in [-0.2, -0.15) is 0 Å². The number of amides is 1. The van der Waals surface area contributed by atoms with Crippen LogP contribution in [0.25, 0.3) is 0 Å². The van der Waals surface area contributed by atoms with Crippen LogP contribution in [0.4, 0.5) is 6.01 Å². The maximum Gasteiger partial charge on any atom is 0.322 e. The first-order valence-electron chi connectivity index (χ1n) is 6.68. The van der Waals surface area contributed by atoms with E-state index in [2.05, 4.69) is 20.8 Å². The number of hydrogen-bond acceptors (Lipinski definition) is 6. The predicted molar refractivity (Wildman–Crippen MR) is 73.9 cm³/mol. The summed E-state index contributed by atoms with van der Waals surface area (Å²) in [5, 5.41) is 13.4. The smallest absolute Gasteiger partial charge is 0.322 e. The Morgan fingerprint density at radius 3 is 3.10 bits per heavy atom. The molecule has 0 spiro atoms. The van der Waals surface area contributed by atoms with Gasteiger partial charge in [-0.1, -0.05) is 5.10 Å². The minimum atomic E-state index is -0.456. The standard InChI is InChI=1S/C13H15N5O3/c1-18-6-4-8(7-10(18)19)11(20)15-13-17-16-12(21-13)9-3-2-5-14-9/h4,6-7,9,14H,2-3,5H2,1H3,(H,15,17,20). The van der Waals surface area contributed by atoms with Gasteiger partial charge < -0.3 is 14.3 Å². The number of nitrogens with one attached hydrogen (secondary N) is 2. The molecule has 1 saturated heterocycles. The lowest BCUT2D eigenvalue weighted by Crippen LogP contribution is -2.20. The second kappa shape index (κ2) is 5.49. The molecule has 3 heterocycles. The van der Waals surface area contributed by atoms with E-state index >= 15 is 0 Å². The van der Waals surface area contributed by atoms with Gasteiger partial charge in [0.25, 0.3) is 11.5 Å². The van der Waals surface area contributed by atoms with Gasteiger partial charge in [0, 0.05) is 24.9 Å². The predicted octanol–water partition coefficient (Wildman–Crippen LogP) is 0.445. The molecule has 0 aliphatic carbocycles. The average Bonchev–Trinajstić information content (AvgIpc) is 3.12. The van der Waals surface area contributed by atoms with Crippen molar-refractivity contribution in [2.45, 2.75) is 18.9 Å². The third kappa shape index (κ3) is 2.84. The molecule has 8 nitrogen and oxygen atoms in total. The van der Waals surface area contributed by atoms with Gasteiger partial charge in [0.1, 0.15) is 0 Å². The Bertz CT molecular complexity index is 715. The van der Waals surface area contributed by atoms with Crippen molar-refractivity contribution in [2.24, 2.45) is 7.05 Å². The van der Waals surface area contributed by atoms with Gasteiger partial charge in [-0.25, -0.2) is 0 Å². The fourth-order valence-electron chi connectivity index (χ4n) is 2.18. The van der Waals surface area contributed by atoms with Crippen LogP contribution in [0.2, 0.25) is 0 Å². The quantitative estimate of drug-likeness (QED) is 0.850. The number of nitrogens with zero attached hydrogens (tertiary/aromatic N) is 3. The van der Waals surface area contributed by atoms with Crippen molar-refractivity contribution in [1.29, 1.82) is 0 Å². The normalized spacial score (nSPS) is 17.9. The van der Waals surface area contributed by atoms with Gasteiger partial charge in [0.2, 0.25) is 5.89 Å². The Balaban J connectivity index is 1.72. The van der Waals surface area contributed by atoms with Gasteiger partial charge in [-0.3, -0.25) is 14.9 Å². The number of aromatic nitrogens is 3. The molecular formula is C13H15N5O3. The summed E-state index contributed by atoms with van der Waals surface area (Å²) in [7, 11) is 1.61. The topological polar surface area (TPSA) is 102 Å². The number of aryl methyl sites for hydroxylation is 1. The Hall–Kier alpha value is -2.48. The molecule has 2 aromatic heterocycles. The van der Waals surface area contributed by atoms with Crippen LogP contribution >= 0.6 is 0 Å². The zero-order chi connectivity index (χ0) is 14.8. The van der Waals surface area contributed by atoms with Crippen LogP contribution in [-0.2, 0) is 7.05 Å². The second-order valence-electron chi connectivity index (χ2n) is 4.91. The molecule has 3 rings (SSSR count). The van der Waals surface area contributed by atoms with Crippen LogP contribution in [0.1, 0.15) is 35.1 Å². The molecule has 1 unspecified atom stereocenters. The highest BCUT2D eigenvalue weighted by Crippen LogP contribution is 2.22. The van der Waals surface area contributed by atoms with E-state index in [-0.39, 0.29) is 23.2 Å². The van der Waals surface area contributed by atoms with Crippen LogP contribution in [-0.4, -0.2) is 27.2 Å². The van der Waals surface area contributed by atoms with Crippen molar-refractivity contribution in [2.75, 3.05) is 11.9 Å². The SMILES string of the molecule is Cn1ccc(C(=O)Nc2nnc(C3CCCN3)o2)cc1=O. The van der Waals surface area contributed by atoms with Crippen LogP contribution in [0.15, 0.2) is 27.5 Å². The van der Waals surface area contributed by atoms with Crippen LogP contribution in [0, 0.1) is 0 Å². The summed E-state index contributed by atoms with van der Waals surface area (Å²) < 4.78 is 6.80. The van der Waals surface area contributed by atoms with E-state index in [4.69, 9.17) is 4.42 Å². The largest absolute Gasteiger partial charge is 0.406 e. The van der Waals surface area contributed by atoms with E-state index in [0.29, 0.717) is 5.89 Å². The van der Waals surface area contributed by atoms with Crippen LogP contribution in [0.3, 0.4) is 0 Å². The van der Waals surface area contributed by atoms with Crippen molar-refractivity contribution < 1.29 is 9.21 Å². The lowest BCUT2D eigenvalue weighted by molar-refractivity contribution is 0.102. The fourth-order valence-corrected chi connectivity index (χ4v) is 2.18. The second-order valence-corrected chi connectivity index (χ2v) is 4.91. The highest BCUT2D eigenvalue weighted by molar-refractivity contribution is 6.02. The Kier molecular flexibility index (Phi) is 3.53.